The summed E-state index contributed by atoms with van der Waals surface area (Å²) in [6.45, 7) is 4.57. The maximum absolute atomic E-state index is 12.1. The second-order valence-electron chi connectivity index (χ2n) is 7.93. The number of rotatable bonds is 8. The van der Waals surface area contributed by atoms with Gasteiger partial charge in [0.1, 0.15) is 0 Å². The average molecular weight is 428 g/mol. The molecule has 0 radical (unpaired) electrons. The van der Waals surface area contributed by atoms with Crippen molar-refractivity contribution >= 4 is 12.1 Å². The molecule has 1 amide bonds. The standard InChI is InChI=1S/C26H29N5O/c32-25(29-28-21-22-8-7-14-27-20-22)13-15-30-16-18-31(19-17-30)26(23-9-3-1-4-10-23)24-11-5-2-6-12-24/h1-12,14,20-21,26H,13,15-19H2,(H,29,32)/b28-21-. The van der Waals surface area contributed by atoms with Crippen molar-refractivity contribution in [3.8, 4) is 0 Å². The van der Waals surface area contributed by atoms with E-state index in [1.54, 1.807) is 18.6 Å². The number of carbonyl (C=O) groups is 1. The van der Waals surface area contributed by atoms with E-state index in [9.17, 15) is 4.79 Å². The van der Waals surface area contributed by atoms with Gasteiger partial charge in [0.15, 0.2) is 0 Å². The molecule has 0 aliphatic carbocycles. The van der Waals surface area contributed by atoms with Gasteiger partial charge in [0.2, 0.25) is 5.91 Å². The van der Waals surface area contributed by atoms with Crippen molar-refractivity contribution in [2.75, 3.05) is 32.7 Å². The summed E-state index contributed by atoms with van der Waals surface area (Å²) in [5, 5.41) is 4.02. The van der Waals surface area contributed by atoms with Gasteiger partial charge in [-0.15, -0.1) is 0 Å². The molecule has 1 aromatic heterocycles. The highest BCUT2D eigenvalue weighted by molar-refractivity contribution is 5.82. The minimum absolute atomic E-state index is 0.0704. The van der Waals surface area contributed by atoms with Crippen LogP contribution in [0.15, 0.2) is 90.3 Å². The van der Waals surface area contributed by atoms with Crippen molar-refractivity contribution in [3.63, 3.8) is 0 Å². The molecule has 2 aromatic carbocycles. The van der Waals surface area contributed by atoms with Gasteiger partial charge in [-0.1, -0.05) is 66.7 Å². The van der Waals surface area contributed by atoms with Crippen LogP contribution in [0, 0.1) is 0 Å². The molecular formula is C26H29N5O. The molecule has 0 unspecified atom stereocenters. The predicted molar refractivity (Wildman–Crippen MR) is 127 cm³/mol. The van der Waals surface area contributed by atoms with Gasteiger partial charge in [-0.2, -0.15) is 5.10 Å². The molecule has 4 rings (SSSR count). The molecule has 1 fully saturated rings. The molecule has 0 spiro atoms. The van der Waals surface area contributed by atoms with Crippen LogP contribution in [0.4, 0.5) is 0 Å². The molecule has 1 saturated heterocycles. The Morgan fingerprint density at radius 3 is 2.19 bits per heavy atom. The van der Waals surface area contributed by atoms with Crippen LogP contribution in [0.3, 0.4) is 0 Å². The lowest BCUT2D eigenvalue weighted by atomic mass is 9.96. The van der Waals surface area contributed by atoms with E-state index in [-0.39, 0.29) is 11.9 Å². The molecule has 2 heterocycles. The molecule has 0 atom stereocenters. The third kappa shape index (κ3) is 6.09. The molecule has 1 N–H and O–H groups in total. The number of hydrazone groups is 1. The molecule has 164 valence electrons. The van der Waals surface area contributed by atoms with E-state index in [1.807, 2.05) is 12.1 Å². The average Bonchev–Trinajstić information content (AvgIpc) is 2.86. The van der Waals surface area contributed by atoms with Gasteiger partial charge in [0, 0.05) is 57.1 Å². The van der Waals surface area contributed by atoms with E-state index in [0.29, 0.717) is 6.42 Å². The lowest BCUT2D eigenvalue weighted by Gasteiger charge is -2.39. The first-order chi connectivity index (χ1) is 15.8. The van der Waals surface area contributed by atoms with Crippen molar-refractivity contribution in [1.29, 1.82) is 0 Å². The van der Waals surface area contributed by atoms with Crippen molar-refractivity contribution < 1.29 is 4.79 Å². The van der Waals surface area contributed by atoms with E-state index in [1.165, 1.54) is 11.1 Å². The number of nitrogens with zero attached hydrogens (tertiary/aromatic N) is 4. The smallest absolute Gasteiger partial charge is 0.241 e. The monoisotopic (exact) mass is 427 g/mol. The van der Waals surface area contributed by atoms with E-state index < -0.39 is 0 Å². The number of pyridine rings is 1. The molecule has 3 aromatic rings. The Labute approximate surface area is 189 Å². The van der Waals surface area contributed by atoms with Gasteiger partial charge in [0.05, 0.1) is 12.3 Å². The highest BCUT2D eigenvalue weighted by Gasteiger charge is 2.26. The quantitative estimate of drug-likeness (QED) is 0.443. The Kier molecular flexibility index (Phi) is 7.74. The first-order valence-corrected chi connectivity index (χ1v) is 11.1. The SMILES string of the molecule is O=C(CCN1CCN(C(c2ccccc2)c2ccccc2)CC1)N/N=C\c1cccnc1. The number of hydrogen-bond donors (Lipinski definition) is 1. The Balaban J connectivity index is 1.27. The van der Waals surface area contributed by atoms with Crippen LogP contribution in [0.25, 0.3) is 0 Å². The summed E-state index contributed by atoms with van der Waals surface area (Å²) in [6.07, 6.45) is 5.45. The van der Waals surface area contributed by atoms with Crippen LogP contribution in [0.2, 0.25) is 0 Å². The fourth-order valence-corrected chi connectivity index (χ4v) is 4.08. The highest BCUT2D eigenvalue weighted by Crippen LogP contribution is 2.29. The highest BCUT2D eigenvalue weighted by atomic mass is 16.2. The summed E-state index contributed by atoms with van der Waals surface area (Å²) in [5.74, 6) is -0.0704. The normalized spacial score (nSPS) is 15.3. The second kappa shape index (κ2) is 11.3. The topological polar surface area (TPSA) is 60.8 Å². The zero-order valence-corrected chi connectivity index (χ0v) is 18.2. The van der Waals surface area contributed by atoms with Crippen molar-refractivity contribution in [2.45, 2.75) is 12.5 Å². The van der Waals surface area contributed by atoms with Crippen LogP contribution in [-0.2, 0) is 4.79 Å². The molecule has 6 nitrogen and oxygen atoms in total. The van der Waals surface area contributed by atoms with Gasteiger partial charge in [-0.05, 0) is 17.2 Å². The summed E-state index contributed by atoms with van der Waals surface area (Å²) in [7, 11) is 0. The summed E-state index contributed by atoms with van der Waals surface area (Å²) in [5.41, 5.74) is 6.10. The van der Waals surface area contributed by atoms with Gasteiger partial charge in [-0.25, -0.2) is 5.43 Å². The van der Waals surface area contributed by atoms with Crippen molar-refractivity contribution in [3.05, 3.63) is 102 Å². The molecule has 32 heavy (non-hydrogen) atoms. The maximum atomic E-state index is 12.1. The summed E-state index contributed by atoms with van der Waals surface area (Å²) < 4.78 is 0. The summed E-state index contributed by atoms with van der Waals surface area (Å²) in [4.78, 5) is 21.1. The number of aromatic nitrogens is 1. The van der Waals surface area contributed by atoms with Crippen LogP contribution in [0.1, 0.15) is 29.2 Å². The van der Waals surface area contributed by atoms with Crippen molar-refractivity contribution in [1.82, 2.24) is 20.2 Å². The number of amides is 1. The van der Waals surface area contributed by atoms with E-state index in [0.717, 1.165) is 38.3 Å². The Morgan fingerprint density at radius 1 is 0.938 bits per heavy atom. The van der Waals surface area contributed by atoms with Crippen LogP contribution in [0.5, 0.6) is 0 Å². The van der Waals surface area contributed by atoms with E-state index >= 15 is 0 Å². The lowest BCUT2D eigenvalue weighted by Crippen LogP contribution is -2.48. The fourth-order valence-electron chi connectivity index (χ4n) is 4.08. The van der Waals surface area contributed by atoms with E-state index in [2.05, 4.69) is 86.0 Å². The summed E-state index contributed by atoms with van der Waals surface area (Å²) in [6, 6.07) is 25.4. The van der Waals surface area contributed by atoms with E-state index in [4.69, 9.17) is 0 Å². The molecular weight excluding hydrogens is 398 g/mol. The van der Waals surface area contributed by atoms with Crippen LogP contribution in [-0.4, -0.2) is 59.6 Å². The predicted octanol–water partition coefficient (Wildman–Crippen LogP) is 3.33. The molecule has 6 heteroatoms. The third-order valence-electron chi connectivity index (χ3n) is 5.75. The number of hydrogen-bond acceptors (Lipinski definition) is 5. The lowest BCUT2D eigenvalue weighted by molar-refractivity contribution is -0.121. The largest absolute Gasteiger partial charge is 0.300 e. The Morgan fingerprint density at radius 2 is 1.59 bits per heavy atom. The Bertz CT molecular complexity index is 947. The minimum atomic E-state index is -0.0704. The molecule has 0 bridgehead atoms. The summed E-state index contributed by atoms with van der Waals surface area (Å²) >= 11 is 0. The molecule has 1 aliphatic rings. The first-order valence-electron chi connectivity index (χ1n) is 11.1. The number of carbonyl (C=O) groups excluding carboxylic acids is 1. The first kappa shape index (κ1) is 21.9. The van der Waals surface area contributed by atoms with Gasteiger partial charge >= 0.3 is 0 Å². The second-order valence-corrected chi connectivity index (χ2v) is 7.93. The third-order valence-corrected chi connectivity index (χ3v) is 5.75. The van der Waals surface area contributed by atoms with Crippen LogP contribution < -0.4 is 5.43 Å². The zero-order valence-electron chi connectivity index (χ0n) is 18.2. The van der Waals surface area contributed by atoms with Crippen LogP contribution >= 0.6 is 0 Å². The fraction of sp³-hybridized carbons (Fsp3) is 0.269. The van der Waals surface area contributed by atoms with Crippen molar-refractivity contribution in [2.24, 2.45) is 5.10 Å². The van der Waals surface area contributed by atoms with Gasteiger partial charge < -0.3 is 4.90 Å². The molecule has 0 saturated carbocycles. The minimum Gasteiger partial charge on any atom is -0.300 e. The van der Waals surface area contributed by atoms with Gasteiger partial charge in [-0.3, -0.25) is 14.7 Å². The van der Waals surface area contributed by atoms with Gasteiger partial charge in [0.25, 0.3) is 0 Å². The molecule has 1 aliphatic heterocycles. The number of nitrogens with one attached hydrogen (secondary N) is 1. The maximum Gasteiger partial charge on any atom is 0.241 e. The Hall–Kier alpha value is -3.35. The number of piperazine rings is 1. The number of benzene rings is 2. The zero-order chi connectivity index (χ0) is 22.0.